The molecule has 0 spiro atoms. The van der Waals surface area contributed by atoms with E-state index in [0.29, 0.717) is 35.3 Å². The van der Waals surface area contributed by atoms with Gasteiger partial charge >= 0.3 is 6.09 Å². The van der Waals surface area contributed by atoms with E-state index in [-0.39, 0.29) is 43.1 Å². The molecule has 10 nitrogen and oxygen atoms in total. The number of amides is 4. The van der Waals surface area contributed by atoms with Crippen molar-refractivity contribution in [3.8, 4) is 0 Å². The van der Waals surface area contributed by atoms with Crippen molar-refractivity contribution in [1.29, 1.82) is 0 Å². The molecule has 4 aromatic rings. The summed E-state index contributed by atoms with van der Waals surface area (Å²) in [4.78, 5) is 56.2. The Balaban J connectivity index is 1.17. The topological polar surface area (TPSA) is 130 Å². The molecule has 3 aromatic carbocycles. The van der Waals surface area contributed by atoms with Crippen molar-refractivity contribution >= 4 is 52.0 Å². The van der Waals surface area contributed by atoms with Gasteiger partial charge in [-0.1, -0.05) is 60.1 Å². The van der Waals surface area contributed by atoms with E-state index in [1.165, 1.54) is 17.0 Å². The van der Waals surface area contributed by atoms with Crippen LogP contribution in [0.2, 0.25) is 5.02 Å². The lowest BCUT2D eigenvalue weighted by atomic mass is 10.1. The van der Waals surface area contributed by atoms with Gasteiger partial charge in [-0.05, 0) is 48.1 Å². The summed E-state index contributed by atoms with van der Waals surface area (Å²) in [6.45, 7) is -0.00766. The second-order valence-corrected chi connectivity index (χ2v) is 10.5. The maximum absolute atomic E-state index is 13.7. The highest BCUT2D eigenvalue weighted by atomic mass is 35.5. The molecule has 4 amide bonds. The second-order valence-electron chi connectivity index (χ2n) is 10.2. The summed E-state index contributed by atoms with van der Waals surface area (Å²) in [5.74, 6) is -1.39. The molecule has 2 heterocycles. The van der Waals surface area contributed by atoms with Crippen molar-refractivity contribution in [2.45, 2.75) is 25.4 Å². The number of carbonyl (C=O) groups excluding carboxylic acids is 4. The molecule has 3 N–H and O–H groups in total. The van der Waals surface area contributed by atoms with E-state index in [1.54, 1.807) is 42.6 Å². The van der Waals surface area contributed by atoms with Crippen LogP contribution in [0.25, 0.3) is 10.8 Å². The quantitative estimate of drug-likeness (QED) is 0.192. The number of halogens is 2. The number of fused-ring (bicyclic) bond motifs is 2. The van der Waals surface area contributed by atoms with Crippen LogP contribution < -0.4 is 16.0 Å². The van der Waals surface area contributed by atoms with Crippen LogP contribution >= 0.6 is 11.6 Å². The van der Waals surface area contributed by atoms with Gasteiger partial charge in [-0.3, -0.25) is 24.6 Å². The van der Waals surface area contributed by atoms with E-state index in [2.05, 4.69) is 20.9 Å². The summed E-state index contributed by atoms with van der Waals surface area (Å²) in [7, 11) is 0. The first kappa shape index (κ1) is 30.6. The third-order valence-electron chi connectivity index (χ3n) is 7.09. The Morgan fingerprint density at radius 1 is 0.955 bits per heavy atom. The maximum Gasteiger partial charge on any atom is 0.412 e. The SMILES string of the molecule is O=C(CNCc1cccc(F)c1Cl)N[C@@H](CCCN1C(=O)c2ccccc2C1=O)COC(=O)Nc1cc2ccccc2cn1. The molecule has 1 aliphatic rings. The molecule has 226 valence electrons. The van der Waals surface area contributed by atoms with E-state index in [4.69, 9.17) is 16.3 Å². The highest BCUT2D eigenvalue weighted by molar-refractivity contribution is 6.31. The van der Waals surface area contributed by atoms with E-state index in [0.717, 1.165) is 10.8 Å². The number of nitrogens with zero attached hydrogens (tertiary/aromatic N) is 2. The Labute approximate surface area is 257 Å². The standard InChI is InChI=1S/C32H29ClFN5O5/c33-29-22(9-5-13-26(29)34)16-35-18-28(40)37-23(10-6-14-39-30(41)24-11-3-4-12-25(24)31(39)42)19-44-32(43)38-27-15-20-7-1-2-8-21(20)17-36-27/h1-5,7-9,11-13,15,17,23,35H,6,10,14,16,18-19H2,(H,37,40)(H,36,38,43)/t23-/m0/s1. The molecule has 1 aliphatic heterocycles. The lowest BCUT2D eigenvalue weighted by Gasteiger charge is -2.21. The van der Waals surface area contributed by atoms with Gasteiger partial charge in [-0.15, -0.1) is 0 Å². The average molecular weight is 618 g/mol. The molecule has 1 aromatic heterocycles. The highest BCUT2D eigenvalue weighted by Gasteiger charge is 2.34. The van der Waals surface area contributed by atoms with Crippen molar-refractivity contribution in [1.82, 2.24) is 20.5 Å². The molecule has 0 aliphatic carbocycles. The number of rotatable bonds is 12. The summed E-state index contributed by atoms with van der Waals surface area (Å²) < 4.78 is 19.1. The average Bonchev–Trinajstić information content (AvgIpc) is 3.26. The van der Waals surface area contributed by atoms with Crippen molar-refractivity contribution in [2.24, 2.45) is 0 Å². The monoisotopic (exact) mass is 617 g/mol. The van der Waals surface area contributed by atoms with Crippen LogP contribution in [0.3, 0.4) is 0 Å². The third-order valence-corrected chi connectivity index (χ3v) is 7.51. The molecule has 0 bridgehead atoms. The van der Waals surface area contributed by atoms with Crippen molar-refractivity contribution in [3.05, 3.63) is 107 Å². The predicted octanol–water partition coefficient (Wildman–Crippen LogP) is 4.93. The normalized spacial score (nSPS) is 13.1. The van der Waals surface area contributed by atoms with Gasteiger partial charge in [0.05, 0.1) is 28.7 Å². The molecule has 0 radical (unpaired) electrons. The molecule has 0 unspecified atom stereocenters. The van der Waals surface area contributed by atoms with Crippen molar-refractivity contribution in [3.63, 3.8) is 0 Å². The van der Waals surface area contributed by atoms with Gasteiger partial charge < -0.3 is 15.4 Å². The number of imide groups is 1. The molecule has 0 saturated heterocycles. The van der Waals surface area contributed by atoms with Crippen LogP contribution in [0.4, 0.5) is 15.0 Å². The van der Waals surface area contributed by atoms with E-state index < -0.39 is 23.9 Å². The number of benzene rings is 3. The van der Waals surface area contributed by atoms with Gasteiger partial charge in [-0.25, -0.2) is 14.2 Å². The number of hydrogen-bond acceptors (Lipinski definition) is 7. The second kappa shape index (κ2) is 14.1. The van der Waals surface area contributed by atoms with Crippen LogP contribution in [0.5, 0.6) is 0 Å². The summed E-state index contributed by atoms with van der Waals surface area (Å²) in [6.07, 6.45) is 1.53. The number of pyridine rings is 1. The first-order valence-electron chi connectivity index (χ1n) is 14.0. The first-order chi connectivity index (χ1) is 21.3. The molecule has 44 heavy (non-hydrogen) atoms. The number of nitrogens with one attached hydrogen (secondary N) is 3. The van der Waals surface area contributed by atoms with Crippen LogP contribution in [-0.4, -0.2) is 59.4 Å². The van der Waals surface area contributed by atoms with Gasteiger partial charge in [0.25, 0.3) is 11.8 Å². The zero-order chi connectivity index (χ0) is 31.1. The van der Waals surface area contributed by atoms with Gasteiger partial charge in [0.15, 0.2) is 0 Å². The van der Waals surface area contributed by atoms with Gasteiger partial charge in [0.1, 0.15) is 18.2 Å². The summed E-state index contributed by atoms with van der Waals surface area (Å²) >= 11 is 5.99. The zero-order valence-electron chi connectivity index (χ0n) is 23.5. The molecule has 1 atom stereocenters. The van der Waals surface area contributed by atoms with Gasteiger partial charge in [0.2, 0.25) is 5.91 Å². The van der Waals surface area contributed by atoms with Crippen LogP contribution in [0.15, 0.2) is 79.0 Å². The third kappa shape index (κ3) is 7.36. The Morgan fingerprint density at radius 2 is 1.66 bits per heavy atom. The Kier molecular flexibility index (Phi) is 9.78. The van der Waals surface area contributed by atoms with E-state index >= 15 is 0 Å². The van der Waals surface area contributed by atoms with Gasteiger partial charge in [0, 0.05) is 24.7 Å². The minimum atomic E-state index is -0.758. The molecule has 0 fully saturated rings. The Hall–Kier alpha value is -4.87. The number of hydrogen-bond donors (Lipinski definition) is 3. The molecule has 12 heteroatoms. The number of ether oxygens (including phenoxy) is 1. The lowest BCUT2D eigenvalue weighted by Crippen LogP contribution is -2.43. The van der Waals surface area contributed by atoms with Crippen molar-refractivity contribution < 1.29 is 28.3 Å². The zero-order valence-corrected chi connectivity index (χ0v) is 24.3. The highest BCUT2D eigenvalue weighted by Crippen LogP contribution is 2.23. The van der Waals surface area contributed by atoms with Crippen molar-refractivity contribution in [2.75, 3.05) is 25.0 Å². The number of anilines is 1. The number of aromatic nitrogens is 1. The fourth-order valence-corrected chi connectivity index (χ4v) is 5.07. The van der Waals surface area contributed by atoms with Crippen LogP contribution in [0.1, 0.15) is 39.1 Å². The number of carbonyl (C=O) groups is 4. The fourth-order valence-electron chi connectivity index (χ4n) is 4.88. The Bertz CT molecular complexity index is 1680. The molecule has 5 rings (SSSR count). The molecular formula is C32H29ClFN5O5. The summed E-state index contributed by atoms with van der Waals surface area (Å²) in [6, 6.07) is 19.7. The lowest BCUT2D eigenvalue weighted by molar-refractivity contribution is -0.121. The van der Waals surface area contributed by atoms with Crippen LogP contribution in [-0.2, 0) is 16.1 Å². The fraction of sp³-hybridized carbons (Fsp3) is 0.219. The minimum absolute atomic E-state index is 0.0215. The predicted molar refractivity (Wildman–Crippen MR) is 163 cm³/mol. The molecule has 0 saturated carbocycles. The van der Waals surface area contributed by atoms with E-state index in [9.17, 15) is 23.6 Å². The van der Waals surface area contributed by atoms with E-state index in [1.807, 2.05) is 24.3 Å². The maximum atomic E-state index is 13.7. The minimum Gasteiger partial charge on any atom is -0.447 e. The Morgan fingerprint density at radius 3 is 2.41 bits per heavy atom. The van der Waals surface area contributed by atoms with Crippen LogP contribution in [0, 0.1) is 5.82 Å². The first-order valence-corrected chi connectivity index (χ1v) is 14.3. The smallest absolute Gasteiger partial charge is 0.412 e. The molecular weight excluding hydrogens is 589 g/mol. The van der Waals surface area contributed by atoms with Gasteiger partial charge in [-0.2, -0.15) is 0 Å². The summed E-state index contributed by atoms with van der Waals surface area (Å²) in [5, 5.41) is 10.1. The summed E-state index contributed by atoms with van der Waals surface area (Å²) in [5.41, 5.74) is 1.21. The largest absolute Gasteiger partial charge is 0.447 e.